The maximum absolute atomic E-state index is 12.2. The number of ether oxygens (including phenoxy) is 1. The third-order valence-corrected chi connectivity index (χ3v) is 3.64. The summed E-state index contributed by atoms with van der Waals surface area (Å²) in [5.41, 5.74) is 0.928. The van der Waals surface area contributed by atoms with E-state index < -0.39 is 0 Å². The first-order chi connectivity index (χ1) is 10.1. The number of hydrogen-bond acceptors (Lipinski definition) is 4. The van der Waals surface area contributed by atoms with Crippen molar-refractivity contribution in [3.05, 3.63) is 29.8 Å². The fourth-order valence-electron chi connectivity index (χ4n) is 2.33. The Morgan fingerprint density at radius 3 is 2.95 bits per heavy atom. The molecule has 1 fully saturated rings. The van der Waals surface area contributed by atoms with E-state index in [1.165, 1.54) is 0 Å². The Balaban J connectivity index is 1.90. The van der Waals surface area contributed by atoms with Crippen LogP contribution in [0.15, 0.2) is 24.3 Å². The van der Waals surface area contributed by atoms with Crippen molar-refractivity contribution >= 4 is 11.8 Å². The van der Waals surface area contributed by atoms with Crippen LogP contribution in [0.2, 0.25) is 0 Å². The van der Waals surface area contributed by atoms with Gasteiger partial charge in [-0.15, -0.1) is 0 Å². The third kappa shape index (κ3) is 3.95. The van der Waals surface area contributed by atoms with Gasteiger partial charge in [0.05, 0.1) is 19.7 Å². The Bertz CT molecular complexity index is 519. The summed E-state index contributed by atoms with van der Waals surface area (Å²) in [7, 11) is 1.61. The molecule has 2 amide bonds. The smallest absolute Gasteiger partial charge is 0.237 e. The molecule has 1 aliphatic heterocycles. The minimum atomic E-state index is -0.328. The van der Waals surface area contributed by atoms with Crippen molar-refractivity contribution in [2.45, 2.75) is 19.5 Å². The van der Waals surface area contributed by atoms with Gasteiger partial charge < -0.3 is 15.4 Å². The number of carbonyl (C=O) groups is 2. The lowest BCUT2D eigenvalue weighted by Gasteiger charge is -2.31. The Morgan fingerprint density at radius 1 is 1.48 bits per heavy atom. The highest BCUT2D eigenvalue weighted by Crippen LogP contribution is 2.16. The van der Waals surface area contributed by atoms with E-state index in [9.17, 15) is 9.59 Å². The lowest BCUT2D eigenvalue weighted by molar-refractivity contribution is -0.130. The Hall–Kier alpha value is -2.08. The second-order valence-electron chi connectivity index (χ2n) is 5.03. The van der Waals surface area contributed by atoms with Crippen molar-refractivity contribution in [3.8, 4) is 5.75 Å². The van der Waals surface area contributed by atoms with Gasteiger partial charge in [0, 0.05) is 25.2 Å². The third-order valence-electron chi connectivity index (χ3n) is 3.64. The standard InChI is InChI=1S/C15H21N3O3/c1-11(18-8-7-16-14(19)10-18)15(20)17-9-12-5-3-4-6-13(12)21-2/h3-6,11H,7-10H2,1-2H3,(H,16,19)(H,17,20). The summed E-state index contributed by atoms with van der Waals surface area (Å²) in [5.74, 6) is 0.629. The van der Waals surface area contributed by atoms with Gasteiger partial charge in [0.1, 0.15) is 5.75 Å². The van der Waals surface area contributed by atoms with Crippen LogP contribution in [0.4, 0.5) is 0 Å². The molecule has 6 heteroatoms. The number of benzene rings is 1. The number of para-hydroxylation sites is 1. The second kappa shape index (κ2) is 7.08. The highest BCUT2D eigenvalue weighted by atomic mass is 16.5. The number of rotatable bonds is 5. The molecule has 6 nitrogen and oxygen atoms in total. The maximum Gasteiger partial charge on any atom is 0.237 e. The molecule has 0 saturated carbocycles. The van der Waals surface area contributed by atoms with Crippen LogP contribution in [-0.2, 0) is 16.1 Å². The predicted octanol–water partition coefficient (Wildman–Crippen LogP) is 0.132. The normalized spacial score (nSPS) is 17.0. The van der Waals surface area contributed by atoms with E-state index >= 15 is 0 Å². The van der Waals surface area contributed by atoms with Crippen molar-refractivity contribution in [2.24, 2.45) is 0 Å². The number of nitrogens with zero attached hydrogens (tertiary/aromatic N) is 1. The molecular formula is C15H21N3O3. The van der Waals surface area contributed by atoms with Gasteiger partial charge in [-0.3, -0.25) is 14.5 Å². The highest BCUT2D eigenvalue weighted by Gasteiger charge is 2.25. The van der Waals surface area contributed by atoms with Crippen molar-refractivity contribution < 1.29 is 14.3 Å². The van der Waals surface area contributed by atoms with E-state index in [4.69, 9.17) is 4.74 Å². The molecule has 1 saturated heterocycles. The second-order valence-corrected chi connectivity index (χ2v) is 5.03. The summed E-state index contributed by atoms with van der Waals surface area (Å²) in [5, 5.41) is 5.64. The van der Waals surface area contributed by atoms with E-state index in [2.05, 4.69) is 10.6 Å². The van der Waals surface area contributed by atoms with Crippen molar-refractivity contribution in [2.75, 3.05) is 26.7 Å². The molecule has 2 rings (SSSR count). The summed E-state index contributed by atoms with van der Waals surface area (Å²) in [6.07, 6.45) is 0. The Morgan fingerprint density at radius 2 is 2.24 bits per heavy atom. The average Bonchev–Trinajstić information content (AvgIpc) is 2.52. The Labute approximate surface area is 124 Å². The first-order valence-electron chi connectivity index (χ1n) is 7.02. The van der Waals surface area contributed by atoms with E-state index in [0.717, 1.165) is 11.3 Å². The minimum Gasteiger partial charge on any atom is -0.496 e. The molecule has 1 aromatic rings. The van der Waals surface area contributed by atoms with Crippen molar-refractivity contribution in [1.29, 1.82) is 0 Å². The topological polar surface area (TPSA) is 70.7 Å². The molecule has 0 spiro atoms. The fourth-order valence-corrected chi connectivity index (χ4v) is 2.33. The van der Waals surface area contributed by atoms with Gasteiger partial charge in [0.15, 0.2) is 0 Å². The van der Waals surface area contributed by atoms with Gasteiger partial charge in [0.25, 0.3) is 0 Å². The van der Waals surface area contributed by atoms with Crippen molar-refractivity contribution in [3.63, 3.8) is 0 Å². The van der Waals surface area contributed by atoms with Crippen molar-refractivity contribution in [1.82, 2.24) is 15.5 Å². The number of piperazine rings is 1. The molecule has 0 bridgehead atoms. The molecule has 1 aromatic carbocycles. The van der Waals surface area contributed by atoms with Gasteiger partial charge in [-0.05, 0) is 13.0 Å². The molecule has 1 unspecified atom stereocenters. The van der Waals surface area contributed by atoms with Crippen LogP contribution in [0.25, 0.3) is 0 Å². The number of carbonyl (C=O) groups excluding carboxylic acids is 2. The quantitative estimate of drug-likeness (QED) is 0.809. The number of nitrogens with one attached hydrogen (secondary N) is 2. The molecule has 21 heavy (non-hydrogen) atoms. The predicted molar refractivity (Wildman–Crippen MR) is 78.9 cm³/mol. The van der Waals surface area contributed by atoms with E-state index in [0.29, 0.717) is 19.6 Å². The summed E-state index contributed by atoms with van der Waals surface area (Å²) < 4.78 is 5.25. The molecule has 0 radical (unpaired) electrons. The molecule has 0 aliphatic carbocycles. The molecule has 1 atom stereocenters. The summed E-state index contributed by atoms with van der Waals surface area (Å²) >= 11 is 0. The first kappa shape index (κ1) is 15.3. The van der Waals surface area contributed by atoms with Crippen LogP contribution in [0.5, 0.6) is 5.75 Å². The molecule has 1 heterocycles. The zero-order chi connectivity index (χ0) is 15.2. The van der Waals surface area contributed by atoms with E-state index in [1.54, 1.807) is 7.11 Å². The monoisotopic (exact) mass is 291 g/mol. The fraction of sp³-hybridized carbons (Fsp3) is 0.467. The molecular weight excluding hydrogens is 270 g/mol. The summed E-state index contributed by atoms with van der Waals surface area (Å²) in [6, 6.07) is 7.24. The molecule has 114 valence electrons. The zero-order valence-electron chi connectivity index (χ0n) is 12.4. The summed E-state index contributed by atoms with van der Waals surface area (Å²) in [6.45, 7) is 3.77. The summed E-state index contributed by atoms with van der Waals surface area (Å²) in [4.78, 5) is 25.4. The van der Waals surface area contributed by atoms with Crippen LogP contribution in [0.3, 0.4) is 0 Å². The van der Waals surface area contributed by atoms with Gasteiger partial charge >= 0.3 is 0 Å². The van der Waals surface area contributed by atoms with Gasteiger partial charge in [-0.2, -0.15) is 0 Å². The lowest BCUT2D eigenvalue weighted by Crippen LogP contribution is -2.54. The van der Waals surface area contributed by atoms with Crippen LogP contribution in [0.1, 0.15) is 12.5 Å². The Kier molecular flexibility index (Phi) is 5.16. The number of amides is 2. The highest BCUT2D eigenvalue weighted by molar-refractivity contribution is 5.83. The number of hydrogen-bond donors (Lipinski definition) is 2. The molecule has 2 N–H and O–H groups in total. The zero-order valence-corrected chi connectivity index (χ0v) is 12.4. The molecule has 0 aromatic heterocycles. The van der Waals surface area contributed by atoms with Gasteiger partial charge in [0.2, 0.25) is 11.8 Å². The van der Waals surface area contributed by atoms with Crippen LogP contribution >= 0.6 is 0 Å². The van der Waals surface area contributed by atoms with Gasteiger partial charge in [-0.25, -0.2) is 0 Å². The average molecular weight is 291 g/mol. The van der Waals surface area contributed by atoms with E-state index in [-0.39, 0.29) is 24.4 Å². The van der Waals surface area contributed by atoms with Gasteiger partial charge in [-0.1, -0.05) is 18.2 Å². The molecule has 1 aliphatic rings. The minimum absolute atomic E-state index is 0.0365. The van der Waals surface area contributed by atoms with Crippen LogP contribution < -0.4 is 15.4 Å². The van der Waals surface area contributed by atoms with Crippen LogP contribution in [0, 0.1) is 0 Å². The number of methoxy groups -OCH3 is 1. The largest absolute Gasteiger partial charge is 0.496 e. The first-order valence-corrected chi connectivity index (χ1v) is 7.02. The lowest BCUT2D eigenvalue weighted by atomic mass is 10.2. The SMILES string of the molecule is COc1ccccc1CNC(=O)C(C)N1CCNC(=O)C1. The maximum atomic E-state index is 12.2. The van der Waals surface area contributed by atoms with E-state index in [1.807, 2.05) is 36.1 Å². The van der Waals surface area contributed by atoms with Crippen LogP contribution in [-0.4, -0.2) is 49.5 Å².